The fraction of sp³-hybridized carbons (Fsp3) is 0.133. The molecule has 2 aromatic rings. The van der Waals surface area contributed by atoms with E-state index in [-0.39, 0.29) is 5.56 Å². The standard InChI is InChI=1S/C15H15NO2S/c1-10-4-2-3-5-12(10)9-19-14-7-6-11(15(17)18)8-13(14)16/h2-8H,9,16H2,1H3,(H,17,18). The van der Waals surface area contributed by atoms with Crippen LogP contribution in [0.15, 0.2) is 47.4 Å². The highest BCUT2D eigenvalue weighted by atomic mass is 32.2. The summed E-state index contributed by atoms with van der Waals surface area (Å²) >= 11 is 1.62. The van der Waals surface area contributed by atoms with Crippen LogP contribution >= 0.6 is 11.8 Å². The van der Waals surface area contributed by atoms with Gasteiger partial charge < -0.3 is 10.8 Å². The number of nitrogens with two attached hydrogens (primary N) is 1. The summed E-state index contributed by atoms with van der Waals surface area (Å²) in [7, 11) is 0. The third kappa shape index (κ3) is 3.29. The van der Waals surface area contributed by atoms with E-state index in [2.05, 4.69) is 19.1 Å². The van der Waals surface area contributed by atoms with E-state index in [9.17, 15) is 4.79 Å². The lowest BCUT2D eigenvalue weighted by molar-refractivity contribution is 0.0697. The van der Waals surface area contributed by atoms with Crippen LogP contribution in [-0.2, 0) is 5.75 Å². The zero-order valence-electron chi connectivity index (χ0n) is 10.6. The van der Waals surface area contributed by atoms with Crippen molar-refractivity contribution in [2.24, 2.45) is 0 Å². The van der Waals surface area contributed by atoms with Crippen molar-refractivity contribution in [3.05, 3.63) is 59.2 Å². The van der Waals surface area contributed by atoms with Crippen molar-refractivity contribution in [2.75, 3.05) is 5.73 Å². The van der Waals surface area contributed by atoms with Gasteiger partial charge in [-0.25, -0.2) is 4.79 Å². The second-order valence-corrected chi connectivity index (χ2v) is 5.29. The smallest absolute Gasteiger partial charge is 0.335 e. The number of aryl methyl sites for hydroxylation is 1. The number of hydrogen-bond donors (Lipinski definition) is 2. The first-order valence-corrected chi connectivity index (χ1v) is 6.86. The average molecular weight is 273 g/mol. The van der Waals surface area contributed by atoms with E-state index in [1.165, 1.54) is 17.2 Å². The maximum absolute atomic E-state index is 10.8. The Morgan fingerprint density at radius 2 is 2.00 bits per heavy atom. The number of nitrogen functional groups attached to an aromatic ring is 1. The lowest BCUT2D eigenvalue weighted by atomic mass is 10.1. The van der Waals surface area contributed by atoms with Gasteiger partial charge >= 0.3 is 5.97 Å². The van der Waals surface area contributed by atoms with Crippen LogP contribution in [0, 0.1) is 6.92 Å². The van der Waals surface area contributed by atoms with E-state index in [1.54, 1.807) is 23.9 Å². The maximum Gasteiger partial charge on any atom is 0.335 e. The quantitative estimate of drug-likeness (QED) is 0.660. The highest BCUT2D eigenvalue weighted by Gasteiger charge is 2.07. The normalized spacial score (nSPS) is 10.4. The van der Waals surface area contributed by atoms with Gasteiger partial charge in [0.1, 0.15) is 0 Å². The Labute approximate surface area is 116 Å². The van der Waals surface area contributed by atoms with Crippen LogP contribution in [0.5, 0.6) is 0 Å². The molecule has 0 heterocycles. The molecule has 0 saturated heterocycles. The number of benzene rings is 2. The minimum Gasteiger partial charge on any atom is -0.478 e. The van der Waals surface area contributed by atoms with Crippen molar-refractivity contribution in [1.29, 1.82) is 0 Å². The van der Waals surface area contributed by atoms with Crippen molar-refractivity contribution in [3.8, 4) is 0 Å². The molecule has 0 radical (unpaired) electrons. The number of carboxylic acid groups (broad SMARTS) is 1. The Morgan fingerprint density at radius 1 is 1.26 bits per heavy atom. The Hall–Kier alpha value is -1.94. The van der Waals surface area contributed by atoms with Gasteiger partial charge in [0.15, 0.2) is 0 Å². The molecule has 0 spiro atoms. The molecule has 0 atom stereocenters. The van der Waals surface area contributed by atoms with Gasteiger partial charge in [-0.3, -0.25) is 0 Å². The molecular weight excluding hydrogens is 258 g/mol. The first-order chi connectivity index (χ1) is 9.08. The van der Waals surface area contributed by atoms with Gasteiger partial charge in [-0.1, -0.05) is 24.3 Å². The predicted octanol–water partition coefficient (Wildman–Crippen LogP) is 3.57. The van der Waals surface area contributed by atoms with Crippen LogP contribution in [0.4, 0.5) is 5.69 Å². The van der Waals surface area contributed by atoms with Crippen molar-refractivity contribution >= 4 is 23.4 Å². The Kier molecular flexibility index (Phi) is 4.12. The largest absolute Gasteiger partial charge is 0.478 e. The van der Waals surface area contributed by atoms with Gasteiger partial charge in [0.2, 0.25) is 0 Å². The van der Waals surface area contributed by atoms with Crippen LogP contribution in [0.1, 0.15) is 21.5 Å². The highest BCUT2D eigenvalue weighted by Crippen LogP contribution is 2.29. The molecule has 0 bridgehead atoms. The van der Waals surface area contributed by atoms with Crippen LogP contribution < -0.4 is 5.73 Å². The number of rotatable bonds is 4. The van der Waals surface area contributed by atoms with Gasteiger partial charge in [-0.15, -0.1) is 11.8 Å². The molecule has 0 aliphatic carbocycles. The highest BCUT2D eigenvalue weighted by molar-refractivity contribution is 7.98. The number of aromatic carboxylic acids is 1. The molecule has 3 nitrogen and oxygen atoms in total. The van der Waals surface area contributed by atoms with Crippen LogP contribution in [0.25, 0.3) is 0 Å². The summed E-state index contributed by atoms with van der Waals surface area (Å²) in [6, 6.07) is 13.0. The Morgan fingerprint density at radius 3 is 2.63 bits per heavy atom. The molecule has 0 amide bonds. The molecule has 0 aliphatic heterocycles. The number of anilines is 1. The summed E-state index contributed by atoms with van der Waals surface area (Å²) in [5, 5.41) is 8.88. The first kappa shape index (κ1) is 13.5. The molecule has 0 aromatic heterocycles. The van der Waals surface area contributed by atoms with Crippen LogP contribution in [-0.4, -0.2) is 11.1 Å². The van der Waals surface area contributed by atoms with Gasteiger partial charge in [0, 0.05) is 16.3 Å². The molecule has 4 heteroatoms. The summed E-state index contributed by atoms with van der Waals surface area (Å²) in [5.41, 5.74) is 9.11. The van der Waals surface area contributed by atoms with E-state index in [0.717, 1.165) is 10.6 Å². The topological polar surface area (TPSA) is 63.3 Å². The summed E-state index contributed by atoms with van der Waals surface area (Å²) in [6.07, 6.45) is 0. The molecule has 2 rings (SSSR count). The van der Waals surface area contributed by atoms with E-state index in [1.807, 2.05) is 12.1 Å². The fourth-order valence-corrected chi connectivity index (χ4v) is 2.77. The average Bonchev–Trinajstić information content (AvgIpc) is 2.39. The second kappa shape index (κ2) is 5.80. The summed E-state index contributed by atoms with van der Waals surface area (Å²) in [5.74, 6) is -0.134. The summed E-state index contributed by atoms with van der Waals surface area (Å²) < 4.78 is 0. The van der Waals surface area contributed by atoms with Gasteiger partial charge in [-0.2, -0.15) is 0 Å². The number of carboxylic acids is 1. The Balaban J connectivity index is 2.12. The van der Waals surface area contributed by atoms with Crippen molar-refractivity contribution in [1.82, 2.24) is 0 Å². The molecule has 3 N–H and O–H groups in total. The second-order valence-electron chi connectivity index (χ2n) is 4.27. The van der Waals surface area contributed by atoms with Crippen molar-refractivity contribution in [3.63, 3.8) is 0 Å². The molecule has 19 heavy (non-hydrogen) atoms. The van der Waals surface area contributed by atoms with E-state index in [0.29, 0.717) is 5.69 Å². The Bertz CT molecular complexity index is 611. The monoisotopic (exact) mass is 273 g/mol. The van der Waals surface area contributed by atoms with Crippen LogP contribution in [0.2, 0.25) is 0 Å². The third-order valence-electron chi connectivity index (χ3n) is 2.90. The number of carbonyl (C=O) groups is 1. The van der Waals surface area contributed by atoms with Gasteiger partial charge in [0.25, 0.3) is 0 Å². The zero-order valence-corrected chi connectivity index (χ0v) is 11.4. The number of thioether (sulfide) groups is 1. The molecule has 2 aromatic carbocycles. The molecule has 98 valence electrons. The molecule has 0 unspecified atom stereocenters. The SMILES string of the molecule is Cc1ccccc1CSc1ccc(C(=O)O)cc1N. The third-order valence-corrected chi connectivity index (χ3v) is 4.04. The fourth-order valence-electron chi connectivity index (χ4n) is 1.74. The molecule has 0 aliphatic rings. The predicted molar refractivity (Wildman–Crippen MR) is 78.6 cm³/mol. The minimum atomic E-state index is -0.956. The minimum absolute atomic E-state index is 0.220. The summed E-state index contributed by atoms with van der Waals surface area (Å²) in [6.45, 7) is 2.08. The zero-order chi connectivity index (χ0) is 13.8. The molecule has 0 saturated carbocycles. The molecular formula is C15H15NO2S. The van der Waals surface area contributed by atoms with E-state index >= 15 is 0 Å². The first-order valence-electron chi connectivity index (χ1n) is 5.88. The lowest BCUT2D eigenvalue weighted by Gasteiger charge is -2.08. The van der Waals surface area contributed by atoms with Crippen molar-refractivity contribution < 1.29 is 9.90 Å². The van der Waals surface area contributed by atoms with E-state index in [4.69, 9.17) is 10.8 Å². The van der Waals surface area contributed by atoms with Crippen molar-refractivity contribution in [2.45, 2.75) is 17.6 Å². The summed E-state index contributed by atoms with van der Waals surface area (Å²) in [4.78, 5) is 11.7. The number of hydrogen-bond acceptors (Lipinski definition) is 3. The van der Waals surface area contributed by atoms with E-state index < -0.39 is 5.97 Å². The maximum atomic E-state index is 10.8. The van der Waals surface area contributed by atoms with Crippen LogP contribution in [0.3, 0.4) is 0 Å². The van der Waals surface area contributed by atoms with Gasteiger partial charge in [-0.05, 0) is 36.2 Å². The lowest BCUT2D eigenvalue weighted by Crippen LogP contribution is -1.98. The molecule has 0 fully saturated rings. The van der Waals surface area contributed by atoms with Gasteiger partial charge in [0.05, 0.1) is 5.56 Å².